The number of aliphatic hydroxyl groups is 1. The molecule has 2 amide bonds. The number of alkyl halides is 3. The Hall–Kier alpha value is -1.31. The standard InChI is InChI=1S/C16H25F3N2O3/c1-12(22)20-9-5-13(6-10-20)3-4-14(23)21-8-2-7-15(24,11-21)16(17,18)19/h13,24H,2-11H2,1H3. The number of likely N-dealkylation sites (tertiary alicyclic amines) is 2. The van der Waals surface area contributed by atoms with E-state index >= 15 is 0 Å². The van der Waals surface area contributed by atoms with Crippen molar-refractivity contribution in [1.82, 2.24) is 9.80 Å². The molecule has 2 saturated heterocycles. The molecule has 1 N–H and O–H groups in total. The fraction of sp³-hybridized carbons (Fsp3) is 0.875. The molecule has 8 heteroatoms. The van der Waals surface area contributed by atoms with Crippen LogP contribution in [-0.4, -0.2) is 64.7 Å². The van der Waals surface area contributed by atoms with Crippen LogP contribution < -0.4 is 0 Å². The number of carbonyl (C=O) groups is 2. The zero-order chi connectivity index (χ0) is 18.0. The van der Waals surface area contributed by atoms with Gasteiger partial charge in [-0.2, -0.15) is 13.2 Å². The molecule has 0 aromatic rings. The van der Waals surface area contributed by atoms with Gasteiger partial charge in [-0.1, -0.05) is 0 Å². The molecule has 2 fully saturated rings. The number of rotatable bonds is 3. The quantitative estimate of drug-likeness (QED) is 0.846. The first-order chi connectivity index (χ1) is 11.1. The molecule has 0 saturated carbocycles. The van der Waals surface area contributed by atoms with E-state index in [1.54, 1.807) is 4.90 Å². The van der Waals surface area contributed by atoms with Gasteiger partial charge in [0.2, 0.25) is 11.8 Å². The topological polar surface area (TPSA) is 60.9 Å². The maximum atomic E-state index is 12.9. The lowest BCUT2D eigenvalue weighted by Gasteiger charge is -2.40. The van der Waals surface area contributed by atoms with Gasteiger partial charge in [0.05, 0.1) is 6.54 Å². The average Bonchev–Trinajstić information content (AvgIpc) is 2.52. The van der Waals surface area contributed by atoms with Crippen LogP contribution in [0.3, 0.4) is 0 Å². The van der Waals surface area contributed by atoms with Crippen molar-refractivity contribution in [2.75, 3.05) is 26.2 Å². The summed E-state index contributed by atoms with van der Waals surface area (Å²) < 4.78 is 38.8. The number of carbonyl (C=O) groups excluding carboxylic acids is 2. The van der Waals surface area contributed by atoms with Crippen molar-refractivity contribution < 1.29 is 27.9 Å². The van der Waals surface area contributed by atoms with E-state index in [2.05, 4.69) is 0 Å². The summed E-state index contributed by atoms with van der Waals surface area (Å²) in [6.45, 7) is 2.47. The molecule has 24 heavy (non-hydrogen) atoms. The van der Waals surface area contributed by atoms with Crippen LogP contribution in [0, 0.1) is 5.92 Å². The molecule has 1 atom stereocenters. The number of β-amino-alcohol motifs (C(OH)–C–C–N with tert-alkyl or cyclic N) is 1. The summed E-state index contributed by atoms with van der Waals surface area (Å²) in [5.41, 5.74) is -2.78. The predicted molar refractivity (Wildman–Crippen MR) is 81.0 cm³/mol. The van der Waals surface area contributed by atoms with Gasteiger partial charge in [0.25, 0.3) is 0 Å². The first-order valence-electron chi connectivity index (χ1n) is 8.45. The molecule has 1 unspecified atom stereocenters. The van der Waals surface area contributed by atoms with E-state index in [0.29, 0.717) is 25.4 Å². The smallest absolute Gasteiger partial charge is 0.379 e. The summed E-state index contributed by atoms with van der Waals surface area (Å²) in [4.78, 5) is 26.4. The van der Waals surface area contributed by atoms with Gasteiger partial charge in [0.1, 0.15) is 0 Å². The molecule has 0 aliphatic carbocycles. The molecular formula is C16H25F3N2O3. The number of hydrogen-bond acceptors (Lipinski definition) is 3. The van der Waals surface area contributed by atoms with Crippen molar-refractivity contribution in [3.05, 3.63) is 0 Å². The molecule has 2 aliphatic rings. The molecule has 5 nitrogen and oxygen atoms in total. The van der Waals surface area contributed by atoms with Crippen LogP contribution in [0.15, 0.2) is 0 Å². The second-order valence-electron chi connectivity index (χ2n) is 6.94. The Morgan fingerprint density at radius 1 is 1.17 bits per heavy atom. The Morgan fingerprint density at radius 2 is 1.79 bits per heavy atom. The highest BCUT2D eigenvalue weighted by Gasteiger charge is 2.55. The largest absolute Gasteiger partial charge is 0.418 e. The number of nitrogens with zero attached hydrogens (tertiary/aromatic N) is 2. The molecule has 0 radical (unpaired) electrons. The van der Waals surface area contributed by atoms with Gasteiger partial charge in [-0.3, -0.25) is 9.59 Å². The van der Waals surface area contributed by atoms with Gasteiger partial charge in [-0.25, -0.2) is 0 Å². The van der Waals surface area contributed by atoms with E-state index in [1.165, 1.54) is 6.92 Å². The Morgan fingerprint density at radius 3 is 2.33 bits per heavy atom. The van der Waals surface area contributed by atoms with E-state index in [9.17, 15) is 27.9 Å². The van der Waals surface area contributed by atoms with Crippen LogP contribution in [-0.2, 0) is 9.59 Å². The molecule has 2 rings (SSSR count). The lowest BCUT2D eigenvalue weighted by molar-refractivity contribution is -0.272. The second-order valence-corrected chi connectivity index (χ2v) is 6.94. The molecule has 2 aliphatic heterocycles. The zero-order valence-electron chi connectivity index (χ0n) is 13.9. The van der Waals surface area contributed by atoms with Crippen LogP contribution in [0.5, 0.6) is 0 Å². The second kappa shape index (κ2) is 7.29. The number of halogens is 3. The third-order valence-corrected chi connectivity index (χ3v) is 5.18. The molecule has 0 spiro atoms. The van der Waals surface area contributed by atoms with Gasteiger partial charge >= 0.3 is 6.18 Å². The van der Waals surface area contributed by atoms with Crippen molar-refractivity contribution in [3.63, 3.8) is 0 Å². The maximum Gasteiger partial charge on any atom is 0.418 e. The monoisotopic (exact) mass is 350 g/mol. The maximum absolute atomic E-state index is 12.9. The highest BCUT2D eigenvalue weighted by Crippen LogP contribution is 2.37. The third kappa shape index (κ3) is 4.40. The normalized spacial score (nSPS) is 26.5. The van der Waals surface area contributed by atoms with Gasteiger partial charge in [0.15, 0.2) is 5.60 Å². The summed E-state index contributed by atoms with van der Waals surface area (Å²) >= 11 is 0. The van der Waals surface area contributed by atoms with Gasteiger partial charge < -0.3 is 14.9 Å². The summed E-state index contributed by atoms with van der Waals surface area (Å²) in [7, 11) is 0. The molecule has 2 heterocycles. The fourth-order valence-electron chi connectivity index (χ4n) is 3.50. The predicted octanol–water partition coefficient (Wildman–Crippen LogP) is 1.94. The van der Waals surface area contributed by atoms with Gasteiger partial charge in [0, 0.05) is 33.0 Å². The SMILES string of the molecule is CC(=O)N1CCC(CCC(=O)N2CCCC(O)(C(F)(F)F)C2)CC1. The minimum absolute atomic E-state index is 0.0456. The summed E-state index contributed by atoms with van der Waals surface area (Å²) in [5.74, 6) is 0.0338. The van der Waals surface area contributed by atoms with Crippen molar-refractivity contribution in [1.29, 1.82) is 0 Å². The number of hydrogen-bond donors (Lipinski definition) is 1. The van der Waals surface area contributed by atoms with Crippen molar-refractivity contribution in [2.24, 2.45) is 5.92 Å². The Balaban J connectivity index is 1.80. The summed E-state index contributed by atoms with van der Waals surface area (Å²) in [5, 5.41) is 9.77. The van der Waals surface area contributed by atoms with Crippen LogP contribution in [0.4, 0.5) is 13.2 Å². The minimum Gasteiger partial charge on any atom is -0.379 e. The van der Waals surface area contributed by atoms with Crippen LogP contribution in [0.25, 0.3) is 0 Å². The zero-order valence-corrected chi connectivity index (χ0v) is 13.9. The van der Waals surface area contributed by atoms with Crippen LogP contribution >= 0.6 is 0 Å². The molecule has 138 valence electrons. The molecule has 0 aromatic carbocycles. The first-order valence-corrected chi connectivity index (χ1v) is 8.45. The minimum atomic E-state index is -4.72. The Kier molecular flexibility index (Phi) is 5.78. The Labute approximate surface area is 139 Å². The van der Waals surface area contributed by atoms with Crippen molar-refractivity contribution in [3.8, 4) is 0 Å². The molecular weight excluding hydrogens is 325 g/mol. The highest BCUT2D eigenvalue weighted by molar-refractivity contribution is 5.76. The number of piperidine rings is 2. The van der Waals surface area contributed by atoms with Crippen molar-refractivity contribution >= 4 is 11.8 Å². The summed E-state index contributed by atoms with van der Waals surface area (Å²) in [6.07, 6.45) is -2.48. The van der Waals surface area contributed by atoms with Crippen LogP contribution in [0.2, 0.25) is 0 Å². The third-order valence-electron chi connectivity index (χ3n) is 5.18. The van der Waals surface area contributed by atoms with Crippen molar-refractivity contribution in [2.45, 2.75) is 57.2 Å². The van der Waals surface area contributed by atoms with Gasteiger partial charge in [-0.05, 0) is 38.0 Å². The lowest BCUT2D eigenvalue weighted by atomic mass is 9.90. The fourth-order valence-corrected chi connectivity index (χ4v) is 3.50. The van der Waals surface area contributed by atoms with Gasteiger partial charge in [-0.15, -0.1) is 0 Å². The molecule has 0 aromatic heterocycles. The van der Waals surface area contributed by atoms with E-state index in [4.69, 9.17) is 0 Å². The van der Waals surface area contributed by atoms with Crippen LogP contribution in [0.1, 0.15) is 45.4 Å². The van der Waals surface area contributed by atoms with E-state index in [-0.39, 0.29) is 37.6 Å². The highest BCUT2D eigenvalue weighted by atomic mass is 19.4. The Bertz CT molecular complexity index is 476. The first kappa shape index (κ1) is 19.0. The van der Waals surface area contributed by atoms with E-state index < -0.39 is 18.3 Å². The molecule has 0 bridgehead atoms. The average molecular weight is 350 g/mol. The summed E-state index contributed by atoms with van der Waals surface area (Å²) in [6, 6.07) is 0. The number of amides is 2. The van der Waals surface area contributed by atoms with E-state index in [0.717, 1.165) is 17.7 Å². The lowest BCUT2D eigenvalue weighted by Crippen LogP contribution is -2.58. The van der Waals surface area contributed by atoms with E-state index in [1.807, 2.05) is 0 Å².